The Morgan fingerprint density at radius 1 is 0.714 bits per heavy atom. The summed E-state index contributed by atoms with van der Waals surface area (Å²) in [4.78, 5) is 26.2. The number of fused-ring (bicyclic) bond motifs is 1. The maximum atomic E-state index is 13.8. The van der Waals surface area contributed by atoms with Gasteiger partial charge in [0.2, 0.25) is 17.5 Å². The topological polar surface area (TPSA) is 336 Å². The molecule has 2 fully saturated rings. The summed E-state index contributed by atoms with van der Waals surface area (Å²) in [6.45, 7) is -1.67. The maximum absolute atomic E-state index is 13.8. The van der Waals surface area contributed by atoms with Crippen LogP contribution in [-0.4, -0.2) is 142 Å². The van der Waals surface area contributed by atoms with Crippen LogP contribution in [0.4, 0.5) is 0 Å². The summed E-state index contributed by atoms with van der Waals surface area (Å²) in [5.41, 5.74) is -1.23. The first-order valence-corrected chi connectivity index (χ1v) is 16.6. The number of aliphatic hydroxyl groups is 6. The van der Waals surface area contributed by atoms with E-state index in [-0.39, 0.29) is 16.9 Å². The number of aliphatic hydroxyl groups excluding tert-OH is 6. The Hall–Kier alpha value is -5.68. The number of hydrogen-bond acceptors (Lipinski definition) is 20. The molecule has 3 heterocycles. The summed E-state index contributed by atoms with van der Waals surface area (Å²) in [5, 5.41) is 123. The van der Waals surface area contributed by atoms with E-state index in [4.69, 9.17) is 28.1 Å². The third-order valence-electron chi connectivity index (χ3n) is 8.97. The van der Waals surface area contributed by atoms with Crippen molar-refractivity contribution in [3.63, 3.8) is 0 Å². The third kappa shape index (κ3) is 8.00. The number of hydrogen-bond donors (Lipinski definition) is 12. The van der Waals surface area contributed by atoms with Gasteiger partial charge in [0.05, 0.1) is 6.61 Å². The molecule has 20 nitrogen and oxygen atoms in total. The highest BCUT2D eigenvalue weighted by molar-refractivity contribution is 5.88. The summed E-state index contributed by atoms with van der Waals surface area (Å²) >= 11 is 0. The van der Waals surface area contributed by atoms with Crippen LogP contribution in [-0.2, 0) is 23.7 Å². The molecule has 0 aliphatic carbocycles. The fraction of sp³-hybridized carbons (Fsp3) is 0.333. The van der Waals surface area contributed by atoms with Crippen LogP contribution >= 0.6 is 0 Å². The minimum atomic E-state index is -2.13. The number of phenols is 6. The summed E-state index contributed by atoms with van der Waals surface area (Å²) in [6.07, 6.45) is -16.9. The van der Waals surface area contributed by atoms with Crippen molar-refractivity contribution in [1.82, 2.24) is 0 Å². The SMILES string of the molecule is O=C(C=Cc1ccc(O)c(O)c1)OC[C@H]1O[C@@H](O[C@@H]2[C@@H](O)[C@H](Oc3c(-c4ccc(O)c(O)c4)oc4cc(O)cc(O)c4c3=O)O[C@H](CO)[C@H]2O)[C@H](O)[C@@H](O)[C@@H]1O. The Balaban J connectivity index is 1.24. The largest absolute Gasteiger partial charge is 0.508 e. The average molecular weight is 789 g/mol. The van der Waals surface area contributed by atoms with Gasteiger partial charge in [-0.05, 0) is 42.0 Å². The molecule has 4 aromatic rings. The van der Waals surface area contributed by atoms with Gasteiger partial charge in [0, 0.05) is 23.8 Å². The molecule has 0 radical (unpaired) electrons. The number of rotatable bonds is 10. The normalized spacial score (nSPS) is 28.0. The molecule has 1 aromatic heterocycles. The minimum Gasteiger partial charge on any atom is -0.508 e. The highest BCUT2D eigenvalue weighted by Crippen LogP contribution is 2.40. The molecule has 0 bridgehead atoms. The monoisotopic (exact) mass is 788 g/mol. The number of aromatic hydroxyl groups is 6. The van der Waals surface area contributed by atoms with E-state index in [9.17, 15) is 70.9 Å². The molecule has 0 saturated carbocycles. The number of ether oxygens (including phenoxy) is 5. The van der Waals surface area contributed by atoms with Gasteiger partial charge < -0.3 is 89.4 Å². The maximum Gasteiger partial charge on any atom is 0.330 e. The zero-order valence-corrected chi connectivity index (χ0v) is 28.6. The van der Waals surface area contributed by atoms with Gasteiger partial charge in [-0.2, -0.15) is 0 Å². The number of carbonyl (C=O) groups is 1. The smallest absolute Gasteiger partial charge is 0.330 e. The number of benzene rings is 3. The molecule has 12 N–H and O–H groups in total. The molecule has 10 atom stereocenters. The zero-order chi connectivity index (χ0) is 40.6. The first-order chi connectivity index (χ1) is 26.6. The molecular weight excluding hydrogens is 752 g/mol. The van der Waals surface area contributed by atoms with Crippen LogP contribution in [0.2, 0.25) is 0 Å². The van der Waals surface area contributed by atoms with Crippen LogP contribution < -0.4 is 10.2 Å². The molecule has 6 rings (SSSR count). The van der Waals surface area contributed by atoms with Crippen molar-refractivity contribution < 1.29 is 94.2 Å². The molecule has 56 heavy (non-hydrogen) atoms. The van der Waals surface area contributed by atoms with Crippen molar-refractivity contribution in [2.45, 2.75) is 61.4 Å². The van der Waals surface area contributed by atoms with E-state index in [1.807, 2.05) is 0 Å². The van der Waals surface area contributed by atoms with Crippen molar-refractivity contribution in [3.05, 3.63) is 70.4 Å². The second kappa shape index (κ2) is 16.2. The molecule has 2 saturated heterocycles. The molecule has 2 aliphatic heterocycles. The standard InChI is InChI=1S/C36H36O20/c37-11-22-27(46)33(55-35-30(49)29(48)26(45)23(54-35)12-51-24(44)6-2-13-1-4-16(39)18(41)7-13)31(50)36(53-22)56-34-28(47)25-20(43)9-15(38)10-21(25)52-32(34)14-3-5-17(40)19(42)8-14/h1-10,22-23,26-27,29-31,33,35-43,45-46,48-50H,11-12H2/t22-,23-,26-,27-,29+,30-,31-,33+,35+,36+/m1/s1. The van der Waals surface area contributed by atoms with Crippen LogP contribution in [0.15, 0.2) is 63.8 Å². The molecule has 0 amide bonds. The Morgan fingerprint density at radius 3 is 2.07 bits per heavy atom. The van der Waals surface area contributed by atoms with Crippen LogP contribution in [0, 0.1) is 0 Å². The Labute approximate surface area is 313 Å². The minimum absolute atomic E-state index is 0.0952. The summed E-state index contributed by atoms with van der Waals surface area (Å²) in [7, 11) is 0. The lowest BCUT2D eigenvalue weighted by atomic mass is 9.97. The zero-order valence-electron chi connectivity index (χ0n) is 28.6. The van der Waals surface area contributed by atoms with Crippen molar-refractivity contribution in [2.24, 2.45) is 0 Å². The molecule has 0 unspecified atom stereocenters. The van der Waals surface area contributed by atoms with Gasteiger partial charge >= 0.3 is 5.97 Å². The Bertz CT molecular complexity index is 2170. The predicted octanol–water partition coefficient (Wildman–Crippen LogP) is -1.04. The summed E-state index contributed by atoms with van der Waals surface area (Å²) < 4.78 is 33.4. The lowest BCUT2D eigenvalue weighted by Crippen LogP contribution is -2.65. The quantitative estimate of drug-likeness (QED) is 0.0519. The van der Waals surface area contributed by atoms with Gasteiger partial charge in [0.25, 0.3) is 0 Å². The highest BCUT2D eigenvalue weighted by Gasteiger charge is 2.52. The van der Waals surface area contributed by atoms with E-state index in [2.05, 4.69) is 0 Å². The van der Waals surface area contributed by atoms with E-state index in [1.54, 1.807) is 0 Å². The van der Waals surface area contributed by atoms with Gasteiger partial charge in [0.15, 0.2) is 35.0 Å². The van der Waals surface area contributed by atoms with Crippen molar-refractivity contribution in [2.75, 3.05) is 13.2 Å². The molecular formula is C36H36O20. The summed E-state index contributed by atoms with van der Waals surface area (Å²) in [6, 6.07) is 8.78. The first kappa shape index (κ1) is 40.0. The Kier molecular flexibility index (Phi) is 11.6. The lowest BCUT2D eigenvalue weighted by molar-refractivity contribution is -0.353. The average Bonchev–Trinajstić information content (AvgIpc) is 3.15. The van der Waals surface area contributed by atoms with E-state index >= 15 is 0 Å². The van der Waals surface area contributed by atoms with Crippen LogP contribution in [0.5, 0.6) is 40.2 Å². The molecule has 300 valence electrons. The van der Waals surface area contributed by atoms with Gasteiger partial charge in [-0.1, -0.05) is 6.07 Å². The van der Waals surface area contributed by atoms with Crippen LogP contribution in [0.3, 0.4) is 0 Å². The molecule has 20 heteroatoms. The van der Waals surface area contributed by atoms with E-state index in [1.165, 1.54) is 24.3 Å². The molecule has 3 aromatic carbocycles. The van der Waals surface area contributed by atoms with Gasteiger partial charge in [-0.3, -0.25) is 4.79 Å². The molecule has 0 spiro atoms. The lowest BCUT2D eigenvalue weighted by Gasteiger charge is -2.45. The van der Waals surface area contributed by atoms with Gasteiger partial charge in [0.1, 0.15) is 77.9 Å². The van der Waals surface area contributed by atoms with Crippen LogP contribution in [0.25, 0.3) is 28.4 Å². The second-order valence-electron chi connectivity index (χ2n) is 12.8. The van der Waals surface area contributed by atoms with Gasteiger partial charge in [-0.25, -0.2) is 4.79 Å². The van der Waals surface area contributed by atoms with E-state index < -0.39 is 132 Å². The third-order valence-corrected chi connectivity index (χ3v) is 8.97. The summed E-state index contributed by atoms with van der Waals surface area (Å²) in [5.74, 6) is -5.49. The number of carbonyl (C=O) groups excluding carboxylic acids is 1. The predicted molar refractivity (Wildman–Crippen MR) is 184 cm³/mol. The van der Waals surface area contributed by atoms with Crippen molar-refractivity contribution in [1.29, 1.82) is 0 Å². The van der Waals surface area contributed by atoms with E-state index in [0.29, 0.717) is 5.56 Å². The van der Waals surface area contributed by atoms with Crippen LogP contribution in [0.1, 0.15) is 5.56 Å². The van der Waals surface area contributed by atoms with Gasteiger partial charge in [-0.15, -0.1) is 0 Å². The Morgan fingerprint density at radius 2 is 1.39 bits per heavy atom. The number of phenolic OH excluding ortho intramolecular Hbond substituents is 6. The molecule has 2 aliphatic rings. The van der Waals surface area contributed by atoms with E-state index in [0.717, 1.165) is 36.4 Å². The number of esters is 1. The highest BCUT2D eigenvalue weighted by atomic mass is 16.7. The fourth-order valence-corrected chi connectivity index (χ4v) is 6.00. The van der Waals surface area contributed by atoms with Crippen molar-refractivity contribution in [3.8, 4) is 51.6 Å². The first-order valence-electron chi connectivity index (χ1n) is 16.6. The second-order valence-corrected chi connectivity index (χ2v) is 12.8. The van der Waals surface area contributed by atoms with Crippen molar-refractivity contribution >= 4 is 23.0 Å². The fourth-order valence-electron chi connectivity index (χ4n) is 6.00.